The summed E-state index contributed by atoms with van der Waals surface area (Å²) in [6, 6.07) is 9.90. The van der Waals surface area contributed by atoms with Gasteiger partial charge in [-0.3, -0.25) is 4.79 Å². The van der Waals surface area contributed by atoms with Gasteiger partial charge in [-0.05, 0) is 42.1 Å². The van der Waals surface area contributed by atoms with Gasteiger partial charge in [-0.1, -0.05) is 18.2 Å². The first kappa shape index (κ1) is 20.8. The third-order valence-corrected chi connectivity index (χ3v) is 6.60. The van der Waals surface area contributed by atoms with Crippen LogP contribution in [0, 0.1) is 0 Å². The van der Waals surface area contributed by atoms with Crippen molar-refractivity contribution in [3.05, 3.63) is 53.4 Å². The maximum absolute atomic E-state index is 12.3. The van der Waals surface area contributed by atoms with Crippen molar-refractivity contribution in [1.29, 1.82) is 0 Å². The topological polar surface area (TPSA) is 92.8 Å². The monoisotopic (exact) mass is 408 g/mol. The number of sulfonamides is 1. The van der Waals surface area contributed by atoms with Crippen molar-refractivity contribution in [3.63, 3.8) is 0 Å². The summed E-state index contributed by atoms with van der Waals surface area (Å²) in [6.45, 7) is 1.74. The zero-order valence-corrected chi connectivity index (χ0v) is 16.5. The van der Waals surface area contributed by atoms with E-state index >= 15 is 0 Å². The summed E-state index contributed by atoms with van der Waals surface area (Å²) in [5.74, 6) is -0.877. The fraction of sp³-hybridized carbons (Fsp3) is 0.222. The number of ether oxygens (including phenoxy) is 1. The molecule has 1 amide bonds. The first-order valence-corrected chi connectivity index (χ1v) is 10.4. The van der Waals surface area contributed by atoms with Crippen LogP contribution in [-0.4, -0.2) is 44.8 Å². The molecule has 27 heavy (non-hydrogen) atoms. The Balaban J connectivity index is 1.93. The fourth-order valence-electron chi connectivity index (χ4n) is 2.08. The molecule has 0 aliphatic carbocycles. The number of hydrogen-bond donors (Lipinski definition) is 1. The number of anilines is 1. The molecule has 2 aromatic rings. The van der Waals surface area contributed by atoms with E-state index in [-0.39, 0.29) is 10.8 Å². The Labute approximate surface area is 162 Å². The molecule has 0 aliphatic rings. The normalized spacial score (nSPS) is 11.7. The molecule has 1 aromatic carbocycles. The van der Waals surface area contributed by atoms with Gasteiger partial charge in [0.25, 0.3) is 10.0 Å². The summed E-state index contributed by atoms with van der Waals surface area (Å²) in [5.41, 5.74) is 1.29. The molecule has 0 aliphatic heterocycles. The third-order valence-electron chi connectivity index (χ3n) is 3.42. The zero-order chi connectivity index (χ0) is 19.9. The summed E-state index contributed by atoms with van der Waals surface area (Å²) in [4.78, 5) is 23.4. The molecule has 0 saturated heterocycles. The maximum Gasteiger partial charge on any atom is 0.330 e. The van der Waals surface area contributed by atoms with Crippen molar-refractivity contribution < 1.29 is 22.7 Å². The van der Waals surface area contributed by atoms with E-state index in [0.29, 0.717) is 12.3 Å². The van der Waals surface area contributed by atoms with Crippen LogP contribution < -0.4 is 5.32 Å². The first-order chi connectivity index (χ1) is 12.8. The van der Waals surface area contributed by atoms with E-state index < -0.39 is 21.9 Å². The second-order valence-electron chi connectivity index (χ2n) is 5.45. The van der Waals surface area contributed by atoms with Crippen LogP contribution in [0.4, 0.5) is 5.69 Å². The van der Waals surface area contributed by atoms with Crippen LogP contribution in [0.5, 0.6) is 0 Å². The predicted molar refractivity (Wildman–Crippen MR) is 105 cm³/mol. The number of amides is 1. The van der Waals surface area contributed by atoms with Crippen LogP contribution in [0.15, 0.2) is 52.1 Å². The van der Waals surface area contributed by atoms with E-state index in [1.165, 1.54) is 19.2 Å². The average molecular weight is 409 g/mol. The second-order valence-corrected chi connectivity index (χ2v) is 8.67. The SMILES string of the molecule is CCOC(=O)/C=C/c1ccc(NC(=O)CN(C)S(=O)(=O)c2cccs2)cc1. The number of rotatable bonds is 8. The van der Waals surface area contributed by atoms with Crippen LogP contribution in [0.2, 0.25) is 0 Å². The second kappa shape index (κ2) is 9.45. The quantitative estimate of drug-likeness (QED) is 0.535. The minimum absolute atomic E-state index is 0.190. The van der Waals surface area contributed by atoms with Gasteiger partial charge in [0.1, 0.15) is 4.21 Å². The number of esters is 1. The molecule has 0 atom stereocenters. The molecule has 1 N–H and O–H groups in total. The molecule has 1 aromatic heterocycles. The van der Waals surface area contributed by atoms with Gasteiger partial charge >= 0.3 is 5.97 Å². The molecular formula is C18H20N2O5S2. The van der Waals surface area contributed by atoms with Crippen molar-refractivity contribution in [1.82, 2.24) is 4.31 Å². The van der Waals surface area contributed by atoms with Gasteiger partial charge in [-0.15, -0.1) is 11.3 Å². The average Bonchev–Trinajstić information content (AvgIpc) is 3.16. The number of likely N-dealkylation sites (N-methyl/N-ethyl adjacent to an activating group) is 1. The lowest BCUT2D eigenvalue weighted by Gasteiger charge is -2.15. The zero-order valence-electron chi connectivity index (χ0n) is 14.9. The molecule has 0 spiro atoms. The van der Waals surface area contributed by atoms with E-state index in [0.717, 1.165) is 21.2 Å². The lowest BCUT2D eigenvalue weighted by molar-refractivity contribution is -0.137. The Hall–Kier alpha value is -2.49. The molecule has 0 unspecified atom stereocenters. The molecule has 7 nitrogen and oxygen atoms in total. The highest BCUT2D eigenvalue weighted by molar-refractivity contribution is 7.91. The molecule has 0 radical (unpaired) electrons. The van der Waals surface area contributed by atoms with Crippen molar-refractivity contribution in [2.24, 2.45) is 0 Å². The summed E-state index contributed by atoms with van der Waals surface area (Å²) in [5, 5.41) is 4.31. The molecule has 0 fully saturated rings. The number of hydrogen-bond acceptors (Lipinski definition) is 6. The predicted octanol–water partition coefficient (Wildman–Crippen LogP) is 2.58. The fourth-order valence-corrected chi connectivity index (χ4v) is 4.41. The molecule has 0 bridgehead atoms. The van der Waals surface area contributed by atoms with Crippen molar-refractivity contribution in [3.8, 4) is 0 Å². The van der Waals surface area contributed by atoms with E-state index in [1.54, 1.807) is 48.7 Å². The highest BCUT2D eigenvalue weighted by atomic mass is 32.2. The van der Waals surface area contributed by atoms with Gasteiger partial charge in [0.05, 0.1) is 13.2 Å². The number of benzene rings is 1. The van der Waals surface area contributed by atoms with Crippen LogP contribution in [0.25, 0.3) is 6.08 Å². The minimum atomic E-state index is -3.67. The number of nitrogens with one attached hydrogen (secondary N) is 1. The van der Waals surface area contributed by atoms with Crippen molar-refractivity contribution in [2.45, 2.75) is 11.1 Å². The van der Waals surface area contributed by atoms with Crippen LogP contribution >= 0.6 is 11.3 Å². The Morgan fingerprint density at radius 3 is 2.52 bits per heavy atom. The highest BCUT2D eigenvalue weighted by Crippen LogP contribution is 2.19. The van der Waals surface area contributed by atoms with E-state index in [2.05, 4.69) is 5.32 Å². The van der Waals surface area contributed by atoms with Gasteiger partial charge in [0, 0.05) is 18.8 Å². The standard InChI is InChI=1S/C18H20N2O5S2/c1-3-25-17(22)11-8-14-6-9-15(10-7-14)19-16(21)13-20(2)27(23,24)18-5-4-12-26-18/h4-12H,3,13H2,1-2H3,(H,19,21)/b11-8+. The van der Waals surface area contributed by atoms with E-state index in [4.69, 9.17) is 4.74 Å². The number of carbonyl (C=O) groups excluding carboxylic acids is 2. The lowest BCUT2D eigenvalue weighted by atomic mass is 10.2. The lowest BCUT2D eigenvalue weighted by Crippen LogP contribution is -2.34. The van der Waals surface area contributed by atoms with E-state index in [1.807, 2.05) is 0 Å². The summed E-state index contributed by atoms with van der Waals surface area (Å²) >= 11 is 1.10. The Kier molecular flexibility index (Phi) is 7.28. The van der Waals surface area contributed by atoms with Gasteiger partial charge in [0.15, 0.2) is 0 Å². The van der Waals surface area contributed by atoms with Gasteiger partial charge in [-0.2, -0.15) is 4.31 Å². The Bertz CT molecular complexity index is 904. The smallest absolute Gasteiger partial charge is 0.330 e. The highest BCUT2D eigenvalue weighted by Gasteiger charge is 2.23. The molecular weight excluding hydrogens is 388 g/mol. The van der Waals surface area contributed by atoms with Crippen molar-refractivity contribution in [2.75, 3.05) is 25.5 Å². The third kappa shape index (κ3) is 6.02. The number of carbonyl (C=O) groups is 2. The Morgan fingerprint density at radius 2 is 1.93 bits per heavy atom. The first-order valence-electron chi connectivity index (χ1n) is 8.07. The molecule has 2 rings (SSSR count). The maximum atomic E-state index is 12.3. The minimum Gasteiger partial charge on any atom is -0.463 e. The summed E-state index contributed by atoms with van der Waals surface area (Å²) in [6.07, 6.45) is 2.92. The van der Waals surface area contributed by atoms with Gasteiger partial charge in [0.2, 0.25) is 5.91 Å². The molecule has 9 heteroatoms. The van der Waals surface area contributed by atoms with Crippen LogP contribution in [0.3, 0.4) is 0 Å². The Morgan fingerprint density at radius 1 is 1.22 bits per heavy atom. The summed E-state index contributed by atoms with van der Waals surface area (Å²) < 4.78 is 30.6. The summed E-state index contributed by atoms with van der Waals surface area (Å²) in [7, 11) is -2.31. The van der Waals surface area contributed by atoms with Gasteiger partial charge < -0.3 is 10.1 Å². The van der Waals surface area contributed by atoms with Crippen molar-refractivity contribution >= 4 is 45.0 Å². The van der Waals surface area contributed by atoms with Gasteiger partial charge in [-0.25, -0.2) is 13.2 Å². The van der Waals surface area contributed by atoms with Crippen LogP contribution in [-0.2, 0) is 24.3 Å². The molecule has 144 valence electrons. The number of thiophene rings is 1. The van der Waals surface area contributed by atoms with Crippen LogP contribution in [0.1, 0.15) is 12.5 Å². The van der Waals surface area contributed by atoms with E-state index in [9.17, 15) is 18.0 Å². The molecule has 1 heterocycles. The largest absolute Gasteiger partial charge is 0.463 e. The molecule has 0 saturated carbocycles. The number of nitrogens with zero attached hydrogens (tertiary/aromatic N) is 1.